The molecule has 3 nitrogen and oxygen atoms in total. The van der Waals surface area contributed by atoms with Crippen LogP contribution >= 0.6 is 15.9 Å². The van der Waals surface area contributed by atoms with Gasteiger partial charge in [-0.25, -0.2) is 0 Å². The monoisotopic (exact) mass is 438 g/mol. The minimum Gasteiger partial charge on any atom is -0.336 e. The van der Waals surface area contributed by atoms with E-state index in [1.807, 2.05) is 49.1 Å². The van der Waals surface area contributed by atoms with Crippen molar-refractivity contribution in [1.82, 2.24) is 4.90 Å². The van der Waals surface area contributed by atoms with E-state index in [-0.39, 0.29) is 17.4 Å². The van der Waals surface area contributed by atoms with Crippen LogP contribution in [0.1, 0.15) is 57.2 Å². The van der Waals surface area contributed by atoms with Gasteiger partial charge in [-0.3, -0.25) is 4.79 Å². The van der Waals surface area contributed by atoms with Crippen LogP contribution in [0.2, 0.25) is 0 Å². The first-order valence-corrected chi connectivity index (χ1v) is 10.6. The van der Waals surface area contributed by atoms with Crippen LogP contribution < -0.4 is 0 Å². The molecular weight excluding hydrogens is 412 g/mol. The van der Waals surface area contributed by atoms with Gasteiger partial charge in [-0.2, -0.15) is 5.26 Å². The molecule has 2 aromatic rings. The van der Waals surface area contributed by atoms with Gasteiger partial charge < -0.3 is 4.90 Å². The number of carbonyl (C=O) groups excluding carboxylic acids is 1. The molecule has 0 aromatic heterocycles. The van der Waals surface area contributed by atoms with Crippen LogP contribution in [-0.2, 0) is 10.2 Å². The fraction of sp³-hybridized carbons (Fsp3) is 0.417. The second-order valence-electron chi connectivity index (χ2n) is 8.56. The Balaban J connectivity index is 1.88. The summed E-state index contributed by atoms with van der Waals surface area (Å²) < 4.78 is 1.04. The van der Waals surface area contributed by atoms with E-state index in [1.165, 1.54) is 5.56 Å². The van der Waals surface area contributed by atoms with Crippen molar-refractivity contribution in [2.75, 3.05) is 6.54 Å². The molecule has 0 spiro atoms. The highest BCUT2D eigenvalue weighted by Gasteiger charge is 2.44. The number of hydrogen-bond donors (Lipinski definition) is 0. The minimum atomic E-state index is -0.477. The summed E-state index contributed by atoms with van der Waals surface area (Å²) in [5, 5.41) is 9.61. The molecule has 1 aliphatic heterocycles. The van der Waals surface area contributed by atoms with Crippen LogP contribution in [-0.4, -0.2) is 17.4 Å². The van der Waals surface area contributed by atoms with Gasteiger partial charge >= 0.3 is 0 Å². The molecule has 3 rings (SSSR count). The van der Waals surface area contributed by atoms with E-state index in [0.717, 1.165) is 16.5 Å². The molecule has 0 saturated carbocycles. The molecule has 2 aromatic carbocycles. The normalized spacial score (nSPS) is 21.2. The van der Waals surface area contributed by atoms with Crippen molar-refractivity contribution in [3.8, 4) is 6.07 Å². The van der Waals surface area contributed by atoms with Gasteiger partial charge in [-0.1, -0.05) is 58.4 Å². The summed E-state index contributed by atoms with van der Waals surface area (Å²) in [5.74, 6) is 0.166. The zero-order chi connectivity index (χ0) is 20.4. The van der Waals surface area contributed by atoms with E-state index in [1.54, 1.807) is 0 Å². The van der Waals surface area contributed by atoms with Crippen molar-refractivity contribution in [3.05, 3.63) is 70.2 Å². The molecule has 2 atom stereocenters. The predicted octanol–water partition coefficient (Wildman–Crippen LogP) is 6.01. The topological polar surface area (TPSA) is 44.1 Å². The fourth-order valence-electron chi connectivity index (χ4n) is 4.45. The van der Waals surface area contributed by atoms with Gasteiger partial charge in [-0.15, -0.1) is 0 Å². The maximum atomic E-state index is 13.3. The zero-order valence-corrected chi connectivity index (χ0v) is 18.4. The van der Waals surface area contributed by atoms with Gasteiger partial charge in [0, 0.05) is 22.9 Å². The Bertz CT molecular complexity index is 870. The lowest BCUT2D eigenvalue weighted by molar-refractivity contribution is -0.138. The second kappa shape index (κ2) is 8.09. The summed E-state index contributed by atoms with van der Waals surface area (Å²) in [6.07, 6.45) is 2.00. The largest absolute Gasteiger partial charge is 0.336 e. The Kier molecular flexibility index (Phi) is 5.95. The second-order valence-corrected chi connectivity index (χ2v) is 9.48. The first-order chi connectivity index (χ1) is 13.3. The summed E-state index contributed by atoms with van der Waals surface area (Å²) in [6.45, 7) is 6.74. The lowest BCUT2D eigenvalue weighted by Gasteiger charge is -2.46. The highest BCUT2D eigenvalue weighted by Crippen LogP contribution is 2.45. The lowest BCUT2D eigenvalue weighted by atomic mass is 9.64. The van der Waals surface area contributed by atoms with Crippen molar-refractivity contribution in [2.45, 2.75) is 51.5 Å². The number of hydrogen-bond acceptors (Lipinski definition) is 2. The molecule has 1 saturated heterocycles. The molecular formula is C24H27BrN2O. The van der Waals surface area contributed by atoms with Gasteiger partial charge in [0.15, 0.2) is 0 Å². The van der Waals surface area contributed by atoms with Crippen LogP contribution in [0.15, 0.2) is 59.1 Å². The van der Waals surface area contributed by atoms with E-state index in [4.69, 9.17) is 0 Å². The fourth-order valence-corrected chi connectivity index (χ4v) is 4.71. The number of likely N-dealkylation sites (tertiary alicyclic amines) is 1. The number of rotatable bonds is 5. The van der Waals surface area contributed by atoms with Gasteiger partial charge in [0.2, 0.25) is 5.91 Å². The summed E-state index contributed by atoms with van der Waals surface area (Å²) in [4.78, 5) is 15.3. The number of piperidine rings is 1. The molecule has 146 valence electrons. The number of amides is 1. The first-order valence-electron chi connectivity index (χ1n) is 9.78. The minimum absolute atomic E-state index is 0.0401. The van der Waals surface area contributed by atoms with Gasteiger partial charge in [0.05, 0.1) is 17.5 Å². The molecule has 4 heteroatoms. The zero-order valence-electron chi connectivity index (χ0n) is 16.8. The molecule has 1 aliphatic rings. The smallest absolute Gasteiger partial charge is 0.223 e. The van der Waals surface area contributed by atoms with E-state index in [9.17, 15) is 10.1 Å². The molecule has 1 fully saturated rings. The molecule has 0 aliphatic carbocycles. The van der Waals surface area contributed by atoms with Crippen LogP contribution in [0.25, 0.3) is 0 Å². The Morgan fingerprint density at radius 1 is 1.18 bits per heavy atom. The van der Waals surface area contributed by atoms with E-state index in [2.05, 4.69) is 53.2 Å². The molecule has 0 N–H and O–H groups in total. The molecule has 0 bridgehead atoms. The van der Waals surface area contributed by atoms with Crippen LogP contribution in [0.3, 0.4) is 0 Å². The summed E-state index contributed by atoms with van der Waals surface area (Å²) in [6, 6.07) is 20.9. The lowest BCUT2D eigenvalue weighted by Crippen LogP contribution is -2.48. The maximum absolute atomic E-state index is 13.3. The molecule has 1 heterocycles. The van der Waals surface area contributed by atoms with Crippen LogP contribution in [0, 0.1) is 16.7 Å². The van der Waals surface area contributed by atoms with Gasteiger partial charge in [0.1, 0.15) is 0 Å². The third-order valence-corrected chi connectivity index (χ3v) is 6.46. The average molecular weight is 439 g/mol. The van der Waals surface area contributed by atoms with Crippen LogP contribution in [0.4, 0.5) is 0 Å². The Morgan fingerprint density at radius 3 is 2.39 bits per heavy atom. The molecule has 0 unspecified atom stereocenters. The van der Waals surface area contributed by atoms with Gasteiger partial charge in [-0.05, 0) is 56.9 Å². The first kappa shape index (κ1) is 20.6. The molecule has 28 heavy (non-hydrogen) atoms. The number of halogens is 1. The van der Waals surface area contributed by atoms with E-state index < -0.39 is 5.41 Å². The van der Waals surface area contributed by atoms with E-state index >= 15 is 0 Å². The number of nitrogens with zero attached hydrogens (tertiary/aromatic N) is 2. The van der Waals surface area contributed by atoms with Gasteiger partial charge in [0.25, 0.3) is 0 Å². The summed E-state index contributed by atoms with van der Waals surface area (Å²) >= 11 is 3.47. The highest BCUT2D eigenvalue weighted by molar-refractivity contribution is 9.10. The Morgan fingerprint density at radius 2 is 1.82 bits per heavy atom. The highest BCUT2D eigenvalue weighted by atomic mass is 79.9. The Hall–Kier alpha value is -2.12. The molecule has 0 radical (unpaired) electrons. The van der Waals surface area contributed by atoms with Crippen molar-refractivity contribution in [3.63, 3.8) is 0 Å². The predicted molar refractivity (Wildman–Crippen MR) is 116 cm³/mol. The SMILES string of the molecule is C[C@@H](c1ccc(Br)cc1)N1CC[C@@](CC(C)(C)C#N)(c2ccccc2)CC1=O. The number of benzene rings is 2. The van der Waals surface area contributed by atoms with Crippen molar-refractivity contribution < 1.29 is 4.79 Å². The average Bonchev–Trinajstić information content (AvgIpc) is 2.68. The quantitative estimate of drug-likeness (QED) is 0.573. The number of nitriles is 1. The summed E-state index contributed by atoms with van der Waals surface area (Å²) in [5.41, 5.74) is 1.55. The third kappa shape index (κ3) is 4.31. The third-order valence-electron chi connectivity index (χ3n) is 5.93. The maximum Gasteiger partial charge on any atom is 0.223 e. The summed E-state index contributed by atoms with van der Waals surface area (Å²) in [7, 11) is 0. The van der Waals surface area contributed by atoms with Crippen molar-refractivity contribution in [2.24, 2.45) is 5.41 Å². The van der Waals surface area contributed by atoms with Crippen molar-refractivity contribution >= 4 is 21.8 Å². The molecule has 1 amide bonds. The van der Waals surface area contributed by atoms with E-state index in [0.29, 0.717) is 19.4 Å². The standard InChI is InChI=1S/C24H27BrN2O/c1-18(19-9-11-21(25)12-10-19)27-14-13-24(15-22(27)28,16-23(2,3)17-26)20-7-5-4-6-8-20/h4-12,18H,13-16H2,1-3H3/t18-,24+/m0/s1. The Labute approximate surface area is 176 Å². The van der Waals surface area contributed by atoms with Crippen molar-refractivity contribution in [1.29, 1.82) is 5.26 Å². The number of carbonyl (C=O) groups is 1. The van der Waals surface area contributed by atoms with Crippen LogP contribution in [0.5, 0.6) is 0 Å².